The third-order valence-corrected chi connectivity index (χ3v) is 13.2. The minimum absolute atomic E-state index is 0.0542. The lowest BCUT2D eigenvalue weighted by molar-refractivity contribution is -0.113. The van der Waals surface area contributed by atoms with Crippen LogP contribution >= 0.6 is 0 Å². The minimum atomic E-state index is -1.99. The van der Waals surface area contributed by atoms with Crippen molar-refractivity contribution in [3.8, 4) is 11.5 Å². The standard InChI is InChI=1S/C22H32O5Si/c1-12(2)28(13(3)4,14(5)6)26-10-18-17(9-23)21-15-7-19-20(25-11-24-19)8-16(15)22(18)27-21/h7-9,12-14,17-18,21-22H,10-11H2,1-6H3/t17-,18+,21-,22+/m1/s1. The van der Waals surface area contributed by atoms with Crippen LogP contribution < -0.4 is 9.47 Å². The van der Waals surface area contributed by atoms with Gasteiger partial charge in [-0.25, -0.2) is 0 Å². The molecule has 28 heavy (non-hydrogen) atoms. The predicted octanol–water partition coefficient (Wildman–Crippen LogP) is 5.16. The van der Waals surface area contributed by atoms with E-state index >= 15 is 0 Å². The Morgan fingerprint density at radius 1 is 1.00 bits per heavy atom. The molecule has 1 fully saturated rings. The highest BCUT2D eigenvalue weighted by atomic mass is 28.4. The van der Waals surface area contributed by atoms with Crippen molar-refractivity contribution in [2.24, 2.45) is 11.8 Å². The largest absolute Gasteiger partial charge is 0.454 e. The Bertz CT molecular complexity index is 738. The molecule has 0 unspecified atom stereocenters. The van der Waals surface area contributed by atoms with Crippen LogP contribution in [0.3, 0.4) is 0 Å². The van der Waals surface area contributed by atoms with Gasteiger partial charge in [0, 0.05) is 12.5 Å². The molecule has 1 aromatic carbocycles. The fourth-order valence-corrected chi connectivity index (χ4v) is 11.4. The number of benzene rings is 1. The van der Waals surface area contributed by atoms with E-state index in [1.54, 1.807) is 0 Å². The topological polar surface area (TPSA) is 54.0 Å². The van der Waals surface area contributed by atoms with Crippen LogP contribution in [0.2, 0.25) is 16.6 Å². The van der Waals surface area contributed by atoms with Crippen LogP contribution in [0.4, 0.5) is 0 Å². The lowest BCUT2D eigenvalue weighted by Crippen LogP contribution is -2.49. The summed E-state index contributed by atoms with van der Waals surface area (Å²) >= 11 is 0. The van der Waals surface area contributed by atoms with Gasteiger partial charge in [0.1, 0.15) is 6.29 Å². The molecule has 3 heterocycles. The van der Waals surface area contributed by atoms with E-state index in [1.165, 1.54) is 0 Å². The zero-order chi connectivity index (χ0) is 20.2. The first kappa shape index (κ1) is 19.9. The fraction of sp³-hybridized carbons (Fsp3) is 0.682. The van der Waals surface area contributed by atoms with Gasteiger partial charge in [-0.2, -0.15) is 0 Å². The van der Waals surface area contributed by atoms with E-state index < -0.39 is 8.32 Å². The van der Waals surface area contributed by atoms with Gasteiger partial charge in [-0.05, 0) is 39.9 Å². The Morgan fingerprint density at radius 3 is 2.04 bits per heavy atom. The molecule has 0 aliphatic carbocycles. The first-order chi connectivity index (χ1) is 13.3. The van der Waals surface area contributed by atoms with Crippen molar-refractivity contribution in [3.05, 3.63) is 23.3 Å². The van der Waals surface area contributed by atoms with E-state index in [4.69, 9.17) is 18.6 Å². The molecule has 0 saturated carbocycles. The minimum Gasteiger partial charge on any atom is -0.454 e. The molecule has 154 valence electrons. The predicted molar refractivity (Wildman–Crippen MR) is 109 cm³/mol. The maximum atomic E-state index is 12.0. The highest BCUT2D eigenvalue weighted by Crippen LogP contribution is 2.59. The molecule has 3 aliphatic heterocycles. The van der Waals surface area contributed by atoms with Crippen LogP contribution in [0.5, 0.6) is 11.5 Å². The van der Waals surface area contributed by atoms with Crippen molar-refractivity contribution < 1.29 is 23.4 Å². The third kappa shape index (κ3) is 2.76. The Labute approximate surface area is 168 Å². The Hall–Kier alpha value is -1.37. The highest BCUT2D eigenvalue weighted by Gasteiger charge is 2.54. The Morgan fingerprint density at radius 2 is 1.54 bits per heavy atom. The monoisotopic (exact) mass is 404 g/mol. The summed E-state index contributed by atoms with van der Waals surface area (Å²) in [5.74, 6) is 1.40. The normalized spacial score (nSPS) is 27.9. The van der Waals surface area contributed by atoms with E-state index in [1.807, 2.05) is 12.1 Å². The second-order valence-corrected chi connectivity index (χ2v) is 14.8. The fourth-order valence-electron chi connectivity index (χ4n) is 5.94. The average molecular weight is 405 g/mol. The van der Waals surface area contributed by atoms with Gasteiger partial charge in [0.15, 0.2) is 19.8 Å². The maximum absolute atomic E-state index is 12.0. The molecular weight excluding hydrogens is 372 g/mol. The lowest BCUT2D eigenvalue weighted by atomic mass is 9.77. The summed E-state index contributed by atoms with van der Waals surface area (Å²) in [6.07, 6.45) is 0.756. The van der Waals surface area contributed by atoms with Gasteiger partial charge in [-0.3, -0.25) is 0 Å². The van der Waals surface area contributed by atoms with Gasteiger partial charge in [0.05, 0.1) is 18.1 Å². The second kappa shape index (κ2) is 7.15. The molecule has 0 radical (unpaired) electrons. The van der Waals surface area contributed by atoms with Crippen molar-refractivity contribution in [1.82, 2.24) is 0 Å². The Kier molecular flexibility index (Phi) is 5.09. The number of fused-ring (bicyclic) bond motifs is 6. The molecule has 3 aliphatic rings. The molecule has 0 amide bonds. The maximum Gasteiger partial charge on any atom is 0.231 e. The van der Waals surface area contributed by atoms with E-state index in [0.717, 1.165) is 28.9 Å². The van der Waals surface area contributed by atoms with Gasteiger partial charge in [-0.1, -0.05) is 41.5 Å². The van der Waals surface area contributed by atoms with Gasteiger partial charge in [0.2, 0.25) is 6.79 Å². The third-order valence-electron chi connectivity index (χ3n) is 7.11. The molecule has 0 N–H and O–H groups in total. The summed E-state index contributed by atoms with van der Waals surface area (Å²) in [5.41, 5.74) is 3.75. The molecule has 4 atom stereocenters. The molecule has 1 saturated heterocycles. The van der Waals surface area contributed by atoms with Gasteiger partial charge < -0.3 is 23.4 Å². The van der Waals surface area contributed by atoms with Crippen LogP contribution in [0.15, 0.2) is 12.1 Å². The first-order valence-electron chi connectivity index (χ1n) is 10.5. The zero-order valence-electron chi connectivity index (χ0n) is 17.7. The van der Waals surface area contributed by atoms with Gasteiger partial charge in [0.25, 0.3) is 0 Å². The molecule has 4 rings (SSSR count). The quantitative estimate of drug-likeness (QED) is 0.464. The molecule has 2 bridgehead atoms. The van der Waals surface area contributed by atoms with Crippen LogP contribution in [0.1, 0.15) is 64.9 Å². The van der Waals surface area contributed by atoms with Crippen molar-refractivity contribution in [2.75, 3.05) is 13.4 Å². The SMILES string of the molecule is CC(C)[Si](OC[C@H]1[C@@H](C=O)[C@@H]2O[C@H]1c1cc3c(cc12)OCO3)(C(C)C)C(C)C. The number of aldehydes is 1. The number of hydrogen-bond acceptors (Lipinski definition) is 5. The number of carbonyl (C=O) groups is 1. The second-order valence-electron chi connectivity index (χ2n) is 9.32. The summed E-state index contributed by atoms with van der Waals surface area (Å²) < 4.78 is 24.2. The summed E-state index contributed by atoms with van der Waals surface area (Å²) in [4.78, 5) is 12.0. The number of carbonyl (C=O) groups excluding carboxylic acids is 1. The number of rotatable bonds is 7. The smallest absolute Gasteiger partial charge is 0.231 e. The number of ether oxygens (including phenoxy) is 3. The first-order valence-corrected chi connectivity index (χ1v) is 12.6. The van der Waals surface area contributed by atoms with E-state index in [2.05, 4.69) is 41.5 Å². The average Bonchev–Trinajstić information content (AvgIpc) is 3.32. The van der Waals surface area contributed by atoms with Crippen molar-refractivity contribution in [2.45, 2.75) is 70.4 Å². The van der Waals surface area contributed by atoms with E-state index in [0.29, 0.717) is 23.2 Å². The van der Waals surface area contributed by atoms with Crippen LogP contribution in [0, 0.1) is 11.8 Å². The molecule has 0 aromatic heterocycles. The van der Waals surface area contributed by atoms with Crippen LogP contribution in [-0.2, 0) is 14.0 Å². The summed E-state index contributed by atoms with van der Waals surface area (Å²) in [6, 6.07) is 4.03. The molecule has 5 nitrogen and oxygen atoms in total. The highest BCUT2D eigenvalue weighted by molar-refractivity contribution is 6.77. The van der Waals surface area contributed by atoms with Crippen molar-refractivity contribution in [3.63, 3.8) is 0 Å². The van der Waals surface area contributed by atoms with Crippen molar-refractivity contribution >= 4 is 14.6 Å². The summed E-state index contributed by atoms with van der Waals surface area (Å²) in [6.45, 7) is 14.6. The molecule has 0 spiro atoms. The zero-order valence-corrected chi connectivity index (χ0v) is 18.7. The van der Waals surface area contributed by atoms with Crippen LogP contribution in [0.25, 0.3) is 0 Å². The molecular formula is C22H32O5Si. The molecule has 6 heteroatoms. The Balaban J connectivity index is 1.61. The van der Waals surface area contributed by atoms with Crippen molar-refractivity contribution in [1.29, 1.82) is 0 Å². The number of hydrogen-bond donors (Lipinski definition) is 0. The summed E-state index contributed by atoms with van der Waals surface area (Å²) in [7, 11) is -1.99. The van der Waals surface area contributed by atoms with Gasteiger partial charge in [-0.15, -0.1) is 0 Å². The van der Waals surface area contributed by atoms with E-state index in [-0.39, 0.29) is 30.8 Å². The summed E-state index contributed by atoms with van der Waals surface area (Å²) in [5, 5.41) is 0. The lowest BCUT2D eigenvalue weighted by Gasteiger charge is -2.43. The van der Waals surface area contributed by atoms with Crippen LogP contribution in [-0.4, -0.2) is 28.0 Å². The molecule has 1 aromatic rings. The van der Waals surface area contributed by atoms with Gasteiger partial charge >= 0.3 is 0 Å². The van der Waals surface area contributed by atoms with E-state index in [9.17, 15) is 4.79 Å².